The highest BCUT2D eigenvalue weighted by Crippen LogP contribution is 2.29. The Kier molecular flexibility index (Phi) is 5.62. The van der Waals surface area contributed by atoms with Crippen LogP contribution in [0.4, 0.5) is 5.69 Å². The molecule has 1 aliphatic heterocycles. The van der Waals surface area contributed by atoms with E-state index < -0.39 is 6.04 Å². The average molecular weight is 387 g/mol. The van der Waals surface area contributed by atoms with Gasteiger partial charge in [-0.3, -0.25) is 9.59 Å². The van der Waals surface area contributed by atoms with E-state index in [-0.39, 0.29) is 17.7 Å². The van der Waals surface area contributed by atoms with Crippen LogP contribution in [0.5, 0.6) is 0 Å². The van der Waals surface area contributed by atoms with Crippen LogP contribution in [-0.4, -0.2) is 17.9 Å². The zero-order chi connectivity index (χ0) is 20.2. The molecule has 1 aliphatic carbocycles. The quantitative estimate of drug-likeness (QED) is 0.814. The molecule has 2 aromatic carbocycles. The first-order chi connectivity index (χ1) is 14.1. The van der Waals surface area contributed by atoms with Crippen molar-refractivity contribution in [2.75, 3.05) is 5.32 Å². The molecule has 148 valence electrons. The van der Waals surface area contributed by atoms with Crippen LogP contribution in [0.3, 0.4) is 0 Å². The summed E-state index contributed by atoms with van der Waals surface area (Å²) in [7, 11) is 0. The van der Waals surface area contributed by atoms with Crippen LogP contribution in [0.25, 0.3) is 11.1 Å². The average Bonchev–Trinajstić information content (AvgIpc) is 3.13. The van der Waals surface area contributed by atoms with Crippen molar-refractivity contribution in [3.8, 4) is 17.2 Å². The van der Waals surface area contributed by atoms with Gasteiger partial charge in [-0.1, -0.05) is 55.7 Å². The summed E-state index contributed by atoms with van der Waals surface area (Å²) in [5.41, 5.74) is 5.02. The fraction of sp³-hybridized carbons (Fsp3) is 0.375. The van der Waals surface area contributed by atoms with Crippen LogP contribution in [0, 0.1) is 17.2 Å². The first-order valence-corrected chi connectivity index (χ1v) is 10.3. The number of hydrogen-bond acceptors (Lipinski definition) is 3. The summed E-state index contributed by atoms with van der Waals surface area (Å²) in [5, 5.41) is 15.3. The molecule has 0 radical (unpaired) electrons. The van der Waals surface area contributed by atoms with Gasteiger partial charge in [-0.2, -0.15) is 5.26 Å². The molecule has 4 rings (SSSR count). The number of fused-ring (bicyclic) bond motifs is 1. The molecule has 2 N–H and O–H groups in total. The number of nitrogens with one attached hydrogen (secondary N) is 2. The summed E-state index contributed by atoms with van der Waals surface area (Å²) in [4.78, 5) is 24.0. The minimum atomic E-state index is -0.509. The topological polar surface area (TPSA) is 82.0 Å². The van der Waals surface area contributed by atoms with Crippen LogP contribution in [0.15, 0.2) is 42.5 Å². The molecule has 5 heteroatoms. The van der Waals surface area contributed by atoms with Crippen LogP contribution in [0.1, 0.15) is 43.2 Å². The number of rotatable bonds is 5. The van der Waals surface area contributed by atoms with Gasteiger partial charge in [-0.05, 0) is 41.2 Å². The van der Waals surface area contributed by atoms with Gasteiger partial charge in [-0.25, -0.2) is 0 Å². The second-order valence-corrected chi connectivity index (χ2v) is 8.02. The smallest absolute Gasteiger partial charge is 0.228 e. The number of amides is 2. The van der Waals surface area contributed by atoms with Crippen LogP contribution in [0.2, 0.25) is 0 Å². The Morgan fingerprint density at radius 3 is 2.55 bits per heavy atom. The van der Waals surface area contributed by atoms with E-state index in [1.165, 1.54) is 6.42 Å². The standard InChI is InChI=1S/C24H25N3O2/c25-15-21(26-24(29)18-4-2-1-3-5-18)12-16-6-8-17(9-7-16)19-10-11-20-14-23(28)27-22(20)13-19/h6-11,13,18,21H,1-5,12,14H2,(H,26,29)(H,27,28). The third kappa shape index (κ3) is 4.48. The summed E-state index contributed by atoms with van der Waals surface area (Å²) < 4.78 is 0. The lowest BCUT2D eigenvalue weighted by molar-refractivity contribution is -0.126. The fourth-order valence-electron chi connectivity index (χ4n) is 4.25. The number of hydrogen-bond donors (Lipinski definition) is 2. The van der Waals surface area contributed by atoms with E-state index in [4.69, 9.17) is 0 Å². The van der Waals surface area contributed by atoms with Crippen LogP contribution < -0.4 is 10.6 Å². The molecule has 1 fully saturated rings. The summed E-state index contributed by atoms with van der Waals surface area (Å²) in [6, 6.07) is 15.8. The predicted molar refractivity (Wildman–Crippen MR) is 112 cm³/mol. The van der Waals surface area contributed by atoms with Gasteiger partial charge in [0.1, 0.15) is 6.04 Å². The van der Waals surface area contributed by atoms with E-state index in [0.29, 0.717) is 12.8 Å². The molecule has 1 heterocycles. The molecule has 1 saturated carbocycles. The van der Waals surface area contributed by atoms with E-state index in [2.05, 4.69) is 16.7 Å². The first kappa shape index (κ1) is 19.2. The Bertz CT molecular complexity index is 953. The van der Waals surface area contributed by atoms with Crippen molar-refractivity contribution >= 4 is 17.5 Å². The minimum absolute atomic E-state index is 0.0214. The van der Waals surface area contributed by atoms with Crippen molar-refractivity contribution < 1.29 is 9.59 Å². The van der Waals surface area contributed by atoms with Gasteiger partial charge in [0, 0.05) is 18.0 Å². The highest BCUT2D eigenvalue weighted by Gasteiger charge is 2.23. The van der Waals surface area contributed by atoms with Crippen molar-refractivity contribution in [3.05, 3.63) is 53.6 Å². The van der Waals surface area contributed by atoms with Gasteiger partial charge in [0.05, 0.1) is 12.5 Å². The number of carbonyl (C=O) groups is 2. The number of anilines is 1. The molecule has 0 bridgehead atoms. The second-order valence-electron chi connectivity index (χ2n) is 8.02. The lowest BCUT2D eigenvalue weighted by Crippen LogP contribution is -2.40. The highest BCUT2D eigenvalue weighted by atomic mass is 16.2. The van der Waals surface area contributed by atoms with Crippen LogP contribution in [-0.2, 0) is 22.4 Å². The van der Waals surface area contributed by atoms with E-state index >= 15 is 0 Å². The van der Waals surface area contributed by atoms with E-state index in [1.807, 2.05) is 42.5 Å². The van der Waals surface area contributed by atoms with Crippen molar-refractivity contribution in [1.29, 1.82) is 5.26 Å². The van der Waals surface area contributed by atoms with Crippen molar-refractivity contribution in [2.24, 2.45) is 5.92 Å². The lowest BCUT2D eigenvalue weighted by Gasteiger charge is -2.22. The Morgan fingerprint density at radius 1 is 1.10 bits per heavy atom. The summed E-state index contributed by atoms with van der Waals surface area (Å²) in [6.07, 6.45) is 6.20. The zero-order valence-corrected chi connectivity index (χ0v) is 16.4. The maximum Gasteiger partial charge on any atom is 0.228 e. The van der Waals surface area contributed by atoms with Gasteiger partial charge in [-0.15, -0.1) is 0 Å². The highest BCUT2D eigenvalue weighted by molar-refractivity contribution is 5.99. The molecule has 0 saturated heterocycles. The maximum atomic E-state index is 12.4. The normalized spacial score (nSPS) is 17.1. The van der Waals surface area contributed by atoms with Crippen molar-refractivity contribution in [2.45, 2.75) is 51.0 Å². The molecule has 1 atom stereocenters. The molecule has 2 amide bonds. The Hall–Kier alpha value is -3.13. The molecule has 5 nitrogen and oxygen atoms in total. The Morgan fingerprint density at radius 2 is 1.83 bits per heavy atom. The number of benzene rings is 2. The van der Waals surface area contributed by atoms with Crippen LogP contribution >= 0.6 is 0 Å². The predicted octanol–water partition coefficient (Wildman–Crippen LogP) is 3.98. The maximum absolute atomic E-state index is 12.4. The summed E-state index contributed by atoms with van der Waals surface area (Å²) >= 11 is 0. The molecular formula is C24H25N3O2. The van der Waals surface area contributed by atoms with Gasteiger partial charge < -0.3 is 10.6 Å². The van der Waals surface area contributed by atoms with Gasteiger partial charge in [0.2, 0.25) is 11.8 Å². The van der Waals surface area contributed by atoms with E-state index in [0.717, 1.165) is 53.6 Å². The Balaban J connectivity index is 1.40. The van der Waals surface area contributed by atoms with Gasteiger partial charge in [0.15, 0.2) is 0 Å². The SMILES string of the molecule is N#CC(Cc1ccc(-c2ccc3c(c2)NC(=O)C3)cc1)NC(=O)C1CCCCC1. The third-order valence-electron chi connectivity index (χ3n) is 5.91. The van der Waals surface area contributed by atoms with Gasteiger partial charge >= 0.3 is 0 Å². The summed E-state index contributed by atoms with van der Waals surface area (Å²) in [6.45, 7) is 0. The van der Waals surface area contributed by atoms with Crippen molar-refractivity contribution in [1.82, 2.24) is 5.32 Å². The number of nitrogens with zero attached hydrogens (tertiary/aromatic N) is 1. The Labute approximate surface area is 171 Å². The van der Waals surface area contributed by atoms with E-state index in [1.54, 1.807) is 0 Å². The zero-order valence-electron chi connectivity index (χ0n) is 16.4. The largest absolute Gasteiger partial charge is 0.340 e. The second kappa shape index (κ2) is 8.48. The molecule has 29 heavy (non-hydrogen) atoms. The molecular weight excluding hydrogens is 362 g/mol. The van der Waals surface area contributed by atoms with Gasteiger partial charge in [0.25, 0.3) is 0 Å². The minimum Gasteiger partial charge on any atom is -0.340 e. The number of carbonyl (C=O) groups excluding carboxylic acids is 2. The third-order valence-corrected chi connectivity index (χ3v) is 5.91. The van der Waals surface area contributed by atoms with Crippen molar-refractivity contribution in [3.63, 3.8) is 0 Å². The molecule has 1 unspecified atom stereocenters. The molecule has 0 aromatic heterocycles. The van der Waals surface area contributed by atoms with E-state index in [9.17, 15) is 14.9 Å². The monoisotopic (exact) mass is 387 g/mol. The fourth-order valence-corrected chi connectivity index (χ4v) is 4.25. The summed E-state index contributed by atoms with van der Waals surface area (Å²) in [5.74, 6) is 0.112. The molecule has 0 spiro atoms. The number of nitriles is 1. The first-order valence-electron chi connectivity index (χ1n) is 10.3. The molecule has 2 aliphatic rings. The molecule has 2 aromatic rings. The lowest BCUT2D eigenvalue weighted by atomic mass is 9.88.